The molecule has 1 aliphatic heterocycles. The SMILES string of the molecule is CC(C)(C)c1cc(C2CCC(F)(F)CC2)nn2cc(C(=O)N3CCN(C(=O)[C@H]4C[C@H](C(=O)O)C4)CC3(C)C)nc12. The topological polar surface area (TPSA) is 108 Å². The minimum absolute atomic E-state index is 0.0440. The zero-order chi connectivity index (χ0) is 29.2. The number of alkyl halides is 2. The third-order valence-electron chi connectivity index (χ3n) is 8.90. The summed E-state index contributed by atoms with van der Waals surface area (Å²) < 4.78 is 29.2. The van der Waals surface area contributed by atoms with Gasteiger partial charge in [-0.15, -0.1) is 0 Å². The third-order valence-corrected chi connectivity index (χ3v) is 8.90. The molecule has 2 aromatic heterocycles. The van der Waals surface area contributed by atoms with Crippen LogP contribution in [0.3, 0.4) is 0 Å². The number of hydrogen-bond acceptors (Lipinski definition) is 5. The minimum Gasteiger partial charge on any atom is -0.481 e. The zero-order valence-electron chi connectivity index (χ0n) is 23.9. The van der Waals surface area contributed by atoms with Crippen molar-refractivity contribution in [3.8, 4) is 0 Å². The molecule has 5 rings (SSSR count). The lowest BCUT2D eigenvalue weighted by Gasteiger charge is -2.48. The minimum atomic E-state index is -2.62. The predicted octanol–water partition coefficient (Wildman–Crippen LogP) is 4.49. The Kier molecular flexibility index (Phi) is 6.94. The Morgan fingerprint density at radius 1 is 1.05 bits per heavy atom. The number of aliphatic carboxylic acids is 1. The van der Waals surface area contributed by atoms with Crippen molar-refractivity contribution in [1.82, 2.24) is 24.4 Å². The number of fused-ring (bicyclic) bond motifs is 1. The van der Waals surface area contributed by atoms with Gasteiger partial charge in [-0.2, -0.15) is 5.10 Å². The van der Waals surface area contributed by atoms with Crippen molar-refractivity contribution in [3.63, 3.8) is 0 Å². The molecule has 0 unspecified atom stereocenters. The van der Waals surface area contributed by atoms with Crippen LogP contribution in [0.25, 0.3) is 5.65 Å². The van der Waals surface area contributed by atoms with Crippen molar-refractivity contribution in [2.75, 3.05) is 19.6 Å². The first kappa shape index (κ1) is 28.4. The molecule has 2 amide bonds. The van der Waals surface area contributed by atoms with E-state index in [9.17, 15) is 23.2 Å². The Labute approximate surface area is 232 Å². The molecule has 0 aromatic carbocycles. The molecule has 3 fully saturated rings. The van der Waals surface area contributed by atoms with Crippen LogP contribution >= 0.6 is 0 Å². The largest absolute Gasteiger partial charge is 0.481 e. The summed E-state index contributed by atoms with van der Waals surface area (Å²) in [6.45, 7) is 11.0. The van der Waals surface area contributed by atoms with Crippen LogP contribution in [0.15, 0.2) is 12.3 Å². The number of aromatic nitrogens is 3. The second-order valence-electron chi connectivity index (χ2n) is 13.5. The van der Waals surface area contributed by atoms with E-state index in [1.165, 1.54) is 0 Å². The summed E-state index contributed by atoms with van der Waals surface area (Å²) in [6, 6.07) is 1.97. The smallest absolute Gasteiger partial charge is 0.306 e. The standard InChI is InChI=1S/C29H39F2N5O4/c1-27(2,3)20-14-21(17-6-8-29(30,31)9-7-17)33-36-15-22(32-23(20)36)25(38)35-11-10-34(16-28(35,4)5)24(37)18-12-19(13-18)26(39)40/h14-15,17-19H,6-13,16H2,1-5H3,(H,39,40)/t18-,19-. The van der Waals surface area contributed by atoms with E-state index in [1.807, 2.05) is 19.9 Å². The predicted molar refractivity (Wildman–Crippen MR) is 143 cm³/mol. The summed E-state index contributed by atoms with van der Waals surface area (Å²) >= 11 is 0. The lowest BCUT2D eigenvalue weighted by atomic mass is 9.74. The number of halogens is 2. The number of nitrogens with zero attached hydrogens (tertiary/aromatic N) is 5. The van der Waals surface area contributed by atoms with Gasteiger partial charge in [0.25, 0.3) is 5.91 Å². The number of piperazine rings is 1. The highest BCUT2D eigenvalue weighted by Crippen LogP contribution is 2.41. The van der Waals surface area contributed by atoms with Crippen LogP contribution in [0.2, 0.25) is 0 Å². The van der Waals surface area contributed by atoms with Crippen molar-refractivity contribution in [2.45, 2.75) is 95.9 Å². The molecule has 0 atom stereocenters. The van der Waals surface area contributed by atoms with Crippen LogP contribution in [0.4, 0.5) is 8.78 Å². The van der Waals surface area contributed by atoms with Crippen LogP contribution in [0.1, 0.15) is 101 Å². The number of amides is 2. The number of carbonyl (C=O) groups excluding carboxylic acids is 2. The van der Waals surface area contributed by atoms with E-state index < -0.39 is 23.3 Å². The van der Waals surface area contributed by atoms with Gasteiger partial charge in [0.15, 0.2) is 5.65 Å². The van der Waals surface area contributed by atoms with Gasteiger partial charge in [-0.05, 0) is 51.0 Å². The van der Waals surface area contributed by atoms with Crippen LogP contribution < -0.4 is 0 Å². The molecular weight excluding hydrogens is 520 g/mol. The first-order chi connectivity index (χ1) is 18.6. The number of imidazole rings is 1. The highest BCUT2D eigenvalue weighted by Gasteiger charge is 2.45. The van der Waals surface area contributed by atoms with E-state index >= 15 is 0 Å². The van der Waals surface area contributed by atoms with Crippen LogP contribution in [-0.2, 0) is 15.0 Å². The molecular formula is C29H39F2N5O4. The molecule has 1 saturated heterocycles. The summed E-state index contributed by atoms with van der Waals surface area (Å²) in [7, 11) is 0. The van der Waals surface area contributed by atoms with Crippen molar-refractivity contribution in [1.29, 1.82) is 0 Å². The molecule has 40 heavy (non-hydrogen) atoms. The van der Waals surface area contributed by atoms with Crippen molar-refractivity contribution in [3.05, 3.63) is 29.2 Å². The number of carboxylic acids is 1. The third kappa shape index (κ3) is 5.31. The summed E-state index contributed by atoms with van der Waals surface area (Å²) in [5, 5.41) is 13.9. The maximum atomic E-state index is 13.8. The average molecular weight is 560 g/mol. The molecule has 2 saturated carbocycles. The van der Waals surface area contributed by atoms with E-state index in [0.717, 1.165) is 11.3 Å². The summed E-state index contributed by atoms with van der Waals surface area (Å²) in [5.41, 5.74) is 1.51. The fraction of sp³-hybridized carbons (Fsp3) is 0.690. The first-order valence-electron chi connectivity index (χ1n) is 14.2. The number of hydrogen-bond donors (Lipinski definition) is 1. The van der Waals surface area contributed by atoms with Gasteiger partial charge in [0.2, 0.25) is 11.8 Å². The molecule has 11 heteroatoms. The lowest BCUT2D eigenvalue weighted by molar-refractivity contribution is -0.153. The van der Waals surface area contributed by atoms with Gasteiger partial charge in [-0.1, -0.05) is 20.8 Å². The Morgan fingerprint density at radius 3 is 2.27 bits per heavy atom. The van der Waals surface area contributed by atoms with Crippen molar-refractivity contribution >= 4 is 23.4 Å². The van der Waals surface area contributed by atoms with Gasteiger partial charge in [-0.3, -0.25) is 14.4 Å². The van der Waals surface area contributed by atoms with Crippen LogP contribution in [-0.4, -0.2) is 78.4 Å². The van der Waals surface area contributed by atoms with Crippen LogP contribution in [0.5, 0.6) is 0 Å². The number of carboxylic acid groups (broad SMARTS) is 1. The number of rotatable bonds is 4. The Hall–Kier alpha value is -3.11. The van der Waals surface area contributed by atoms with E-state index in [0.29, 0.717) is 51.0 Å². The van der Waals surface area contributed by atoms with Crippen LogP contribution in [0, 0.1) is 11.8 Å². The quantitative estimate of drug-likeness (QED) is 0.591. The van der Waals surface area contributed by atoms with Gasteiger partial charge in [0, 0.05) is 49.9 Å². The van der Waals surface area contributed by atoms with Gasteiger partial charge in [0.1, 0.15) is 5.69 Å². The average Bonchev–Trinajstić information content (AvgIpc) is 3.24. The molecule has 218 valence electrons. The summed E-state index contributed by atoms with van der Waals surface area (Å²) in [4.78, 5) is 46.1. The van der Waals surface area contributed by atoms with Gasteiger partial charge in [-0.25, -0.2) is 18.3 Å². The molecule has 2 aromatic rings. The van der Waals surface area contributed by atoms with Gasteiger partial charge >= 0.3 is 5.97 Å². The van der Waals surface area contributed by atoms with E-state index in [-0.39, 0.29) is 47.6 Å². The monoisotopic (exact) mass is 559 g/mol. The van der Waals surface area contributed by atoms with Gasteiger partial charge in [0.05, 0.1) is 23.3 Å². The molecule has 9 nitrogen and oxygen atoms in total. The Morgan fingerprint density at radius 2 is 1.70 bits per heavy atom. The normalized spacial score (nSPS) is 25.1. The maximum Gasteiger partial charge on any atom is 0.306 e. The fourth-order valence-corrected chi connectivity index (χ4v) is 6.32. The maximum absolute atomic E-state index is 13.8. The highest BCUT2D eigenvalue weighted by molar-refractivity contribution is 5.94. The van der Waals surface area contributed by atoms with Crippen molar-refractivity contribution in [2.24, 2.45) is 11.8 Å². The van der Waals surface area contributed by atoms with Crippen molar-refractivity contribution < 1.29 is 28.3 Å². The summed E-state index contributed by atoms with van der Waals surface area (Å²) in [5.74, 6) is -4.58. The Bertz CT molecular complexity index is 1330. The van der Waals surface area contributed by atoms with E-state index in [1.54, 1.807) is 20.5 Å². The molecule has 3 aliphatic rings. The fourth-order valence-electron chi connectivity index (χ4n) is 6.32. The summed E-state index contributed by atoms with van der Waals surface area (Å²) in [6.07, 6.45) is 2.78. The first-order valence-corrected chi connectivity index (χ1v) is 14.2. The Balaban J connectivity index is 1.36. The highest BCUT2D eigenvalue weighted by atomic mass is 19.3. The zero-order valence-corrected chi connectivity index (χ0v) is 23.9. The molecule has 0 spiro atoms. The molecule has 0 bridgehead atoms. The van der Waals surface area contributed by atoms with E-state index in [2.05, 4.69) is 20.8 Å². The van der Waals surface area contributed by atoms with E-state index in [4.69, 9.17) is 15.2 Å². The lowest BCUT2D eigenvalue weighted by Crippen LogP contribution is -2.63. The second-order valence-corrected chi connectivity index (χ2v) is 13.5. The van der Waals surface area contributed by atoms with Gasteiger partial charge < -0.3 is 14.9 Å². The molecule has 1 N–H and O–H groups in total. The molecule has 2 aliphatic carbocycles. The number of carbonyl (C=O) groups is 3. The second kappa shape index (κ2) is 9.76. The molecule has 3 heterocycles. The molecule has 0 radical (unpaired) electrons.